The molecule has 2 saturated heterocycles. The lowest BCUT2D eigenvalue weighted by Gasteiger charge is -2.44. The number of urea groups is 1. The number of ether oxygens (including phenoxy) is 1. The summed E-state index contributed by atoms with van der Waals surface area (Å²) in [6, 6.07) is 4.98. The molecule has 1 N–H and O–H groups in total. The van der Waals surface area contributed by atoms with Gasteiger partial charge in [-0.15, -0.1) is 0 Å². The van der Waals surface area contributed by atoms with Crippen LogP contribution in [-0.4, -0.2) is 60.0 Å². The SMILES string of the molecule is COC(=O)CN1CCCC2(CCCN2C(=O)Nc2cc(Cl)ccc2C)C1=O. The summed E-state index contributed by atoms with van der Waals surface area (Å²) in [4.78, 5) is 40.9. The summed E-state index contributed by atoms with van der Waals surface area (Å²) in [5.41, 5.74) is 0.635. The zero-order valence-corrected chi connectivity index (χ0v) is 16.3. The molecule has 1 aromatic rings. The first-order valence-corrected chi connectivity index (χ1v) is 9.46. The van der Waals surface area contributed by atoms with Gasteiger partial charge in [-0.25, -0.2) is 4.79 Å². The van der Waals surface area contributed by atoms with Gasteiger partial charge in [0.2, 0.25) is 5.91 Å². The van der Waals surface area contributed by atoms with Gasteiger partial charge in [-0.05, 0) is 50.3 Å². The molecule has 2 heterocycles. The second-order valence-corrected chi connectivity index (χ2v) is 7.52. The van der Waals surface area contributed by atoms with Crippen LogP contribution in [0.3, 0.4) is 0 Å². The van der Waals surface area contributed by atoms with Crippen LogP contribution in [0, 0.1) is 6.92 Å². The number of hydrogen-bond donors (Lipinski definition) is 1. The Hall–Kier alpha value is -2.28. The number of amides is 3. The van der Waals surface area contributed by atoms with Gasteiger partial charge in [0.1, 0.15) is 12.1 Å². The highest BCUT2D eigenvalue weighted by atomic mass is 35.5. The minimum Gasteiger partial charge on any atom is -0.468 e. The zero-order chi connectivity index (χ0) is 19.6. The van der Waals surface area contributed by atoms with Crippen molar-refractivity contribution in [2.45, 2.75) is 38.1 Å². The minimum atomic E-state index is -0.886. The molecule has 1 unspecified atom stereocenters. The Morgan fingerprint density at radius 3 is 2.67 bits per heavy atom. The van der Waals surface area contributed by atoms with Gasteiger partial charge in [0, 0.05) is 23.8 Å². The lowest BCUT2D eigenvalue weighted by molar-refractivity contribution is -0.153. The highest BCUT2D eigenvalue weighted by Gasteiger charge is 2.53. The summed E-state index contributed by atoms with van der Waals surface area (Å²) in [6.45, 7) is 2.80. The monoisotopic (exact) mass is 393 g/mol. The van der Waals surface area contributed by atoms with Crippen LogP contribution in [0.15, 0.2) is 18.2 Å². The Morgan fingerprint density at radius 1 is 1.26 bits per heavy atom. The van der Waals surface area contributed by atoms with E-state index in [9.17, 15) is 14.4 Å². The van der Waals surface area contributed by atoms with E-state index in [0.717, 1.165) is 18.4 Å². The van der Waals surface area contributed by atoms with Crippen molar-refractivity contribution in [2.75, 3.05) is 32.1 Å². The van der Waals surface area contributed by atoms with Gasteiger partial charge in [0.15, 0.2) is 0 Å². The maximum Gasteiger partial charge on any atom is 0.325 e. The number of hydrogen-bond acceptors (Lipinski definition) is 4. The number of esters is 1. The maximum absolute atomic E-state index is 13.2. The Labute approximate surface area is 163 Å². The van der Waals surface area contributed by atoms with Crippen molar-refractivity contribution < 1.29 is 19.1 Å². The van der Waals surface area contributed by atoms with Crippen molar-refractivity contribution in [3.05, 3.63) is 28.8 Å². The molecule has 2 aliphatic rings. The second-order valence-electron chi connectivity index (χ2n) is 7.08. The zero-order valence-electron chi connectivity index (χ0n) is 15.6. The smallest absolute Gasteiger partial charge is 0.325 e. The number of carbonyl (C=O) groups excluding carboxylic acids is 3. The lowest BCUT2D eigenvalue weighted by atomic mass is 9.85. The molecule has 27 heavy (non-hydrogen) atoms. The number of likely N-dealkylation sites (tertiary alicyclic amines) is 2. The van der Waals surface area contributed by atoms with Gasteiger partial charge in [-0.2, -0.15) is 0 Å². The van der Waals surface area contributed by atoms with Crippen LogP contribution in [0.4, 0.5) is 10.5 Å². The summed E-state index contributed by atoms with van der Waals surface area (Å²) in [6.07, 6.45) is 2.69. The predicted octanol–water partition coefficient (Wildman–Crippen LogP) is 2.81. The van der Waals surface area contributed by atoms with Gasteiger partial charge in [-0.3, -0.25) is 9.59 Å². The van der Waals surface area contributed by atoms with Crippen LogP contribution in [0.5, 0.6) is 0 Å². The molecular weight excluding hydrogens is 370 g/mol. The summed E-state index contributed by atoms with van der Waals surface area (Å²) in [5, 5.41) is 3.42. The highest BCUT2D eigenvalue weighted by molar-refractivity contribution is 6.31. The van der Waals surface area contributed by atoms with Crippen LogP contribution in [0.1, 0.15) is 31.2 Å². The molecule has 3 rings (SSSR count). The molecule has 1 atom stereocenters. The predicted molar refractivity (Wildman–Crippen MR) is 102 cm³/mol. The molecular formula is C19H24ClN3O4. The van der Waals surface area contributed by atoms with Gasteiger partial charge >= 0.3 is 12.0 Å². The molecule has 8 heteroatoms. The molecule has 3 amide bonds. The number of piperidine rings is 1. The van der Waals surface area contributed by atoms with Gasteiger partial charge in [0.25, 0.3) is 0 Å². The van der Waals surface area contributed by atoms with E-state index in [4.69, 9.17) is 16.3 Å². The third kappa shape index (κ3) is 3.74. The van der Waals surface area contributed by atoms with Gasteiger partial charge < -0.3 is 19.9 Å². The minimum absolute atomic E-state index is 0.0834. The highest BCUT2D eigenvalue weighted by Crippen LogP contribution is 2.38. The fourth-order valence-corrected chi connectivity index (χ4v) is 4.18. The fourth-order valence-electron chi connectivity index (χ4n) is 4.00. The molecule has 146 valence electrons. The number of aryl methyl sites for hydroxylation is 1. The molecule has 0 saturated carbocycles. The first-order chi connectivity index (χ1) is 12.9. The van der Waals surface area contributed by atoms with Crippen molar-refractivity contribution in [1.82, 2.24) is 9.80 Å². The van der Waals surface area contributed by atoms with E-state index in [1.54, 1.807) is 17.0 Å². The normalized spacial score (nSPS) is 22.3. The summed E-state index contributed by atoms with van der Waals surface area (Å²) >= 11 is 6.04. The number of rotatable bonds is 3. The number of nitrogens with one attached hydrogen (secondary N) is 1. The average molecular weight is 394 g/mol. The summed E-state index contributed by atoms with van der Waals surface area (Å²) in [5.74, 6) is -0.626. The van der Waals surface area contributed by atoms with E-state index in [1.807, 2.05) is 13.0 Å². The lowest BCUT2D eigenvalue weighted by Crippen LogP contribution is -2.62. The topological polar surface area (TPSA) is 79.0 Å². The number of methoxy groups -OCH3 is 1. The molecule has 7 nitrogen and oxygen atoms in total. The number of halogens is 1. The first kappa shape index (κ1) is 19.5. The van der Waals surface area contributed by atoms with Crippen LogP contribution in [-0.2, 0) is 14.3 Å². The van der Waals surface area contributed by atoms with E-state index in [0.29, 0.717) is 36.6 Å². The largest absolute Gasteiger partial charge is 0.468 e. The number of nitrogens with zero attached hydrogens (tertiary/aromatic N) is 2. The Balaban J connectivity index is 1.80. The molecule has 2 fully saturated rings. The molecule has 0 bridgehead atoms. The van der Waals surface area contributed by atoms with Crippen LogP contribution >= 0.6 is 11.6 Å². The maximum atomic E-state index is 13.2. The van der Waals surface area contributed by atoms with Crippen molar-refractivity contribution in [2.24, 2.45) is 0 Å². The van der Waals surface area contributed by atoms with E-state index < -0.39 is 11.5 Å². The summed E-state index contributed by atoms with van der Waals surface area (Å²) in [7, 11) is 1.30. The molecule has 0 aromatic heterocycles. The van der Waals surface area contributed by atoms with E-state index in [-0.39, 0.29) is 18.5 Å². The number of benzene rings is 1. The first-order valence-electron chi connectivity index (χ1n) is 9.08. The Kier molecular flexibility index (Phi) is 5.60. The summed E-state index contributed by atoms with van der Waals surface area (Å²) < 4.78 is 4.69. The van der Waals surface area contributed by atoms with Crippen molar-refractivity contribution in [1.29, 1.82) is 0 Å². The third-order valence-electron chi connectivity index (χ3n) is 5.43. The third-order valence-corrected chi connectivity index (χ3v) is 5.66. The number of carbonyl (C=O) groups is 3. The Bertz CT molecular complexity index is 769. The van der Waals surface area contributed by atoms with E-state index >= 15 is 0 Å². The number of anilines is 1. The molecule has 0 aliphatic carbocycles. The van der Waals surface area contributed by atoms with Crippen molar-refractivity contribution in [3.63, 3.8) is 0 Å². The van der Waals surface area contributed by atoms with E-state index in [1.165, 1.54) is 12.0 Å². The fraction of sp³-hybridized carbons (Fsp3) is 0.526. The second kappa shape index (κ2) is 7.76. The van der Waals surface area contributed by atoms with Crippen LogP contribution in [0.2, 0.25) is 5.02 Å². The molecule has 1 spiro atoms. The average Bonchev–Trinajstić information content (AvgIpc) is 3.06. The van der Waals surface area contributed by atoms with Crippen molar-refractivity contribution in [3.8, 4) is 0 Å². The van der Waals surface area contributed by atoms with Gasteiger partial charge in [0.05, 0.1) is 7.11 Å². The van der Waals surface area contributed by atoms with E-state index in [2.05, 4.69) is 5.32 Å². The molecule has 0 radical (unpaired) electrons. The van der Waals surface area contributed by atoms with Crippen LogP contribution < -0.4 is 5.32 Å². The quantitative estimate of drug-likeness (QED) is 0.801. The van der Waals surface area contributed by atoms with Gasteiger partial charge in [-0.1, -0.05) is 17.7 Å². The Morgan fingerprint density at radius 2 is 1.96 bits per heavy atom. The van der Waals surface area contributed by atoms with Crippen LogP contribution in [0.25, 0.3) is 0 Å². The molecule has 1 aromatic carbocycles. The van der Waals surface area contributed by atoms with Crippen molar-refractivity contribution >= 4 is 35.2 Å². The standard InChI is InChI=1S/C19H24ClN3O4/c1-13-5-6-14(20)11-15(13)21-18(26)23-10-4-8-19(23)7-3-9-22(17(19)25)12-16(24)27-2/h5-6,11H,3-4,7-10,12H2,1-2H3,(H,21,26). The molecule has 2 aliphatic heterocycles.